The Bertz CT molecular complexity index is 559. The van der Waals surface area contributed by atoms with Crippen LogP contribution >= 0.6 is 0 Å². The van der Waals surface area contributed by atoms with E-state index in [1.165, 1.54) is 0 Å². The zero-order valence-corrected chi connectivity index (χ0v) is 9.35. The number of imidazole rings is 1. The molecule has 1 aromatic heterocycles. The fourth-order valence-corrected chi connectivity index (χ4v) is 1.74. The predicted octanol–water partition coefficient (Wildman–Crippen LogP) is -0.341. The summed E-state index contributed by atoms with van der Waals surface area (Å²) in [6.45, 7) is 1.05. The van der Waals surface area contributed by atoms with Gasteiger partial charge in [-0.25, -0.2) is 4.79 Å². The lowest BCUT2D eigenvalue weighted by atomic mass is 10.3. The van der Waals surface area contributed by atoms with E-state index in [1.54, 1.807) is 22.8 Å². The highest BCUT2D eigenvalue weighted by Crippen LogP contribution is 2.18. The lowest BCUT2D eigenvalue weighted by Gasteiger charge is -2.05. The number of aromatic nitrogens is 2. The molecule has 0 radical (unpaired) electrons. The summed E-state index contributed by atoms with van der Waals surface area (Å²) >= 11 is 0. The summed E-state index contributed by atoms with van der Waals surface area (Å²) in [7, 11) is 0. The maximum atomic E-state index is 11.6. The van der Waals surface area contributed by atoms with Crippen LogP contribution < -0.4 is 16.2 Å². The normalized spacial score (nSPS) is 10.9. The van der Waals surface area contributed by atoms with Crippen LogP contribution in [0.3, 0.4) is 0 Å². The van der Waals surface area contributed by atoms with Gasteiger partial charge in [-0.2, -0.15) is 0 Å². The largest absolute Gasteiger partial charge is 0.491 e. The molecule has 0 aliphatic rings. The van der Waals surface area contributed by atoms with E-state index in [9.17, 15) is 4.79 Å². The SMILES string of the molecule is NCCn1c(=O)[nH]c2ccc(OCCO)cc21. The predicted molar refractivity (Wildman–Crippen MR) is 64.2 cm³/mol. The number of aliphatic hydroxyl groups is 1. The molecule has 1 aromatic carbocycles. The van der Waals surface area contributed by atoms with E-state index in [0.29, 0.717) is 18.8 Å². The molecule has 0 aliphatic heterocycles. The van der Waals surface area contributed by atoms with Gasteiger partial charge in [0.05, 0.1) is 17.6 Å². The van der Waals surface area contributed by atoms with Gasteiger partial charge in [0.2, 0.25) is 0 Å². The van der Waals surface area contributed by atoms with Gasteiger partial charge in [0.1, 0.15) is 12.4 Å². The molecule has 0 saturated heterocycles. The van der Waals surface area contributed by atoms with E-state index in [2.05, 4.69) is 4.98 Å². The van der Waals surface area contributed by atoms with Crippen LogP contribution in [0, 0.1) is 0 Å². The fraction of sp³-hybridized carbons (Fsp3) is 0.364. The number of nitrogens with two attached hydrogens (primary N) is 1. The van der Waals surface area contributed by atoms with Crippen LogP contribution in [-0.2, 0) is 6.54 Å². The Hall–Kier alpha value is -1.79. The molecule has 2 aromatic rings. The number of fused-ring (bicyclic) bond motifs is 1. The number of hydrogen-bond acceptors (Lipinski definition) is 4. The number of nitrogens with one attached hydrogen (secondary N) is 1. The van der Waals surface area contributed by atoms with Crippen molar-refractivity contribution in [2.24, 2.45) is 5.73 Å². The minimum Gasteiger partial charge on any atom is -0.491 e. The second-order valence-electron chi connectivity index (χ2n) is 3.62. The van der Waals surface area contributed by atoms with E-state index >= 15 is 0 Å². The van der Waals surface area contributed by atoms with Crippen molar-refractivity contribution in [1.82, 2.24) is 9.55 Å². The fourth-order valence-electron chi connectivity index (χ4n) is 1.74. The Kier molecular flexibility index (Phi) is 3.46. The summed E-state index contributed by atoms with van der Waals surface area (Å²) in [6.07, 6.45) is 0. The highest BCUT2D eigenvalue weighted by atomic mass is 16.5. The van der Waals surface area contributed by atoms with Crippen LogP contribution in [0.25, 0.3) is 11.0 Å². The van der Waals surface area contributed by atoms with Gasteiger partial charge >= 0.3 is 5.69 Å². The first kappa shape index (κ1) is 11.7. The first-order valence-corrected chi connectivity index (χ1v) is 5.42. The van der Waals surface area contributed by atoms with Gasteiger partial charge in [0.25, 0.3) is 0 Å². The van der Waals surface area contributed by atoms with Crippen LogP contribution in [-0.4, -0.2) is 34.4 Å². The smallest absolute Gasteiger partial charge is 0.326 e. The van der Waals surface area contributed by atoms with Crippen LogP contribution in [0.2, 0.25) is 0 Å². The maximum absolute atomic E-state index is 11.6. The third-order valence-electron chi connectivity index (χ3n) is 2.46. The molecule has 0 spiro atoms. The van der Waals surface area contributed by atoms with Crippen molar-refractivity contribution >= 4 is 11.0 Å². The van der Waals surface area contributed by atoms with Crippen molar-refractivity contribution in [3.8, 4) is 5.75 Å². The van der Waals surface area contributed by atoms with E-state index < -0.39 is 0 Å². The highest BCUT2D eigenvalue weighted by molar-refractivity contribution is 5.76. The quantitative estimate of drug-likeness (QED) is 0.663. The van der Waals surface area contributed by atoms with Crippen LogP contribution in [0.5, 0.6) is 5.75 Å². The summed E-state index contributed by atoms with van der Waals surface area (Å²) in [5.41, 5.74) is 6.79. The van der Waals surface area contributed by atoms with Crippen molar-refractivity contribution in [3.63, 3.8) is 0 Å². The van der Waals surface area contributed by atoms with Crippen molar-refractivity contribution in [3.05, 3.63) is 28.7 Å². The first-order chi connectivity index (χ1) is 8.26. The van der Waals surface area contributed by atoms with Crippen LogP contribution in [0.15, 0.2) is 23.0 Å². The molecule has 0 atom stereocenters. The van der Waals surface area contributed by atoms with Gasteiger partial charge in [0.15, 0.2) is 0 Å². The van der Waals surface area contributed by atoms with Gasteiger partial charge in [-0.1, -0.05) is 0 Å². The molecule has 0 unspecified atom stereocenters. The third-order valence-corrected chi connectivity index (χ3v) is 2.46. The average Bonchev–Trinajstić information content (AvgIpc) is 2.64. The highest BCUT2D eigenvalue weighted by Gasteiger charge is 2.06. The molecular formula is C11H15N3O3. The standard InChI is InChI=1S/C11H15N3O3/c12-3-4-14-10-7-8(17-6-5-15)1-2-9(10)13-11(14)16/h1-2,7,15H,3-6,12H2,(H,13,16). The van der Waals surface area contributed by atoms with Gasteiger partial charge in [-0.05, 0) is 12.1 Å². The molecule has 0 saturated carbocycles. The Morgan fingerprint density at radius 2 is 2.29 bits per heavy atom. The molecule has 4 N–H and O–H groups in total. The second kappa shape index (κ2) is 5.03. The summed E-state index contributed by atoms with van der Waals surface area (Å²) < 4.78 is 6.87. The van der Waals surface area contributed by atoms with E-state index in [4.69, 9.17) is 15.6 Å². The van der Waals surface area contributed by atoms with E-state index in [1.807, 2.05) is 0 Å². The summed E-state index contributed by atoms with van der Waals surface area (Å²) in [6, 6.07) is 5.29. The monoisotopic (exact) mass is 237 g/mol. The van der Waals surface area contributed by atoms with Crippen LogP contribution in [0.1, 0.15) is 0 Å². The zero-order valence-electron chi connectivity index (χ0n) is 9.35. The molecule has 6 nitrogen and oxygen atoms in total. The average molecular weight is 237 g/mol. The Morgan fingerprint density at radius 1 is 1.47 bits per heavy atom. The zero-order chi connectivity index (χ0) is 12.3. The number of aromatic amines is 1. The number of benzene rings is 1. The Balaban J connectivity index is 2.43. The Morgan fingerprint density at radius 3 is 3.00 bits per heavy atom. The van der Waals surface area contributed by atoms with Gasteiger partial charge in [-0.3, -0.25) is 4.57 Å². The van der Waals surface area contributed by atoms with Gasteiger partial charge in [-0.15, -0.1) is 0 Å². The van der Waals surface area contributed by atoms with E-state index in [-0.39, 0.29) is 18.9 Å². The lowest BCUT2D eigenvalue weighted by Crippen LogP contribution is -2.21. The lowest BCUT2D eigenvalue weighted by molar-refractivity contribution is 0.201. The number of rotatable bonds is 5. The topological polar surface area (TPSA) is 93.3 Å². The summed E-state index contributed by atoms with van der Waals surface area (Å²) in [4.78, 5) is 14.4. The molecule has 0 aliphatic carbocycles. The maximum Gasteiger partial charge on any atom is 0.326 e. The molecule has 6 heteroatoms. The first-order valence-electron chi connectivity index (χ1n) is 5.42. The van der Waals surface area contributed by atoms with Crippen molar-refractivity contribution in [2.75, 3.05) is 19.8 Å². The number of H-pyrrole nitrogens is 1. The molecule has 0 bridgehead atoms. The number of ether oxygens (including phenoxy) is 1. The molecule has 17 heavy (non-hydrogen) atoms. The molecule has 1 heterocycles. The number of hydrogen-bond donors (Lipinski definition) is 3. The molecule has 2 rings (SSSR count). The minimum absolute atomic E-state index is 0.0409. The van der Waals surface area contributed by atoms with Crippen LogP contribution in [0.4, 0.5) is 0 Å². The van der Waals surface area contributed by atoms with Gasteiger partial charge in [0, 0.05) is 19.2 Å². The number of aliphatic hydroxyl groups excluding tert-OH is 1. The van der Waals surface area contributed by atoms with Crippen molar-refractivity contribution in [1.29, 1.82) is 0 Å². The van der Waals surface area contributed by atoms with Gasteiger partial charge < -0.3 is 20.6 Å². The number of nitrogens with zero attached hydrogens (tertiary/aromatic N) is 1. The molecule has 0 fully saturated rings. The summed E-state index contributed by atoms with van der Waals surface area (Å²) in [5, 5.41) is 8.68. The van der Waals surface area contributed by atoms with Crippen molar-refractivity contribution in [2.45, 2.75) is 6.54 Å². The molecule has 0 amide bonds. The molecule has 92 valence electrons. The minimum atomic E-state index is -0.176. The van der Waals surface area contributed by atoms with E-state index in [0.717, 1.165) is 11.0 Å². The third kappa shape index (κ3) is 2.32. The second-order valence-corrected chi connectivity index (χ2v) is 3.62. The summed E-state index contributed by atoms with van der Waals surface area (Å²) in [5.74, 6) is 0.622. The van der Waals surface area contributed by atoms with Crippen molar-refractivity contribution < 1.29 is 9.84 Å². The molecular weight excluding hydrogens is 222 g/mol. The Labute approximate surface area is 97.6 Å².